The van der Waals surface area contributed by atoms with Crippen LogP contribution < -0.4 is 0 Å². The molecule has 2 saturated heterocycles. The smallest absolute Gasteiger partial charge is 0.227 e. The maximum Gasteiger partial charge on any atom is 0.227 e. The van der Waals surface area contributed by atoms with Gasteiger partial charge in [0, 0.05) is 33.3 Å². The van der Waals surface area contributed by atoms with Crippen LogP contribution in [-0.2, 0) is 21.4 Å². The third kappa shape index (κ3) is 3.22. The first-order valence-corrected chi connectivity index (χ1v) is 9.80. The van der Waals surface area contributed by atoms with Crippen molar-refractivity contribution in [1.29, 1.82) is 0 Å². The van der Waals surface area contributed by atoms with Crippen LogP contribution in [0, 0.1) is 5.92 Å². The van der Waals surface area contributed by atoms with Crippen LogP contribution >= 0.6 is 0 Å². The van der Waals surface area contributed by atoms with Crippen LogP contribution in [0.25, 0.3) is 0 Å². The number of amides is 1. The van der Waals surface area contributed by atoms with Gasteiger partial charge in [-0.3, -0.25) is 4.79 Å². The lowest BCUT2D eigenvalue weighted by molar-refractivity contribution is -0.136. The van der Waals surface area contributed by atoms with Crippen LogP contribution in [0.4, 0.5) is 0 Å². The van der Waals surface area contributed by atoms with Crippen LogP contribution in [0.15, 0.2) is 24.3 Å². The number of nitrogens with zero attached hydrogens (tertiary/aromatic N) is 2. The molecule has 0 N–H and O–H groups in total. The molecule has 1 aromatic carbocycles. The molecular weight excluding hydrogens is 312 g/mol. The fourth-order valence-corrected chi connectivity index (χ4v) is 5.15. The van der Waals surface area contributed by atoms with Crippen molar-refractivity contribution >= 4 is 5.91 Å². The van der Waals surface area contributed by atoms with Crippen LogP contribution in [0.1, 0.15) is 36.8 Å². The SMILES string of the molecule is COCCN1CCC(C(=O)N2CCC3(CCc4ccccc43)CC2)C1. The number of fused-ring (bicyclic) bond motifs is 2. The van der Waals surface area contributed by atoms with E-state index in [0.29, 0.717) is 11.3 Å². The van der Waals surface area contributed by atoms with E-state index in [1.54, 1.807) is 12.7 Å². The minimum absolute atomic E-state index is 0.196. The van der Waals surface area contributed by atoms with Crippen molar-refractivity contribution in [2.45, 2.75) is 37.5 Å². The minimum Gasteiger partial charge on any atom is -0.383 e. The second kappa shape index (κ2) is 7.08. The molecule has 2 aliphatic heterocycles. The third-order valence-electron chi connectivity index (χ3n) is 6.73. The van der Waals surface area contributed by atoms with Crippen LogP contribution in [0.5, 0.6) is 0 Å². The van der Waals surface area contributed by atoms with E-state index in [1.807, 2.05) is 0 Å². The highest BCUT2D eigenvalue weighted by atomic mass is 16.5. The van der Waals surface area contributed by atoms with Crippen LogP contribution in [-0.4, -0.2) is 62.1 Å². The molecular formula is C21H30N2O2. The number of benzene rings is 1. The molecule has 1 spiro atoms. The molecule has 25 heavy (non-hydrogen) atoms. The summed E-state index contributed by atoms with van der Waals surface area (Å²) in [7, 11) is 1.74. The fourth-order valence-electron chi connectivity index (χ4n) is 5.15. The Balaban J connectivity index is 1.34. The predicted molar refractivity (Wildman–Crippen MR) is 98.7 cm³/mol. The Hall–Kier alpha value is -1.39. The van der Waals surface area contributed by atoms with Crippen molar-refractivity contribution in [1.82, 2.24) is 9.80 Å². The first kappa shape index (κ1) is 17.0. The Labute approximate surface area is 151 Å². The minimum atomic E-state index is 0.196. The molecule has 0 saturated carbocycles. The van der Waals surface area contributed by atoms with Crippen LogP contribution in [0.3, 0.4) is 0 Å². The Morgan fingerprint density at radius 1 is 1.20 bits per heavy atom. The summed E-state index contributed by atoms with van der Waals surface area (Å²) >= 11 is 0. The summed E-state index contributed by atoms with van der Waals surface area (Å²) in [5.41, 5.74) is 3.44. The molecule has 136 valence electrons. The summed E-state index contributed by atoms with van der Waals surface area (Å²) in [5, 5.41) is 0. The molecule has 2 fully saturated rings. The number of rotatable bonds is 4. The van der Waals surface area contributed by atoms with Gasteiger partial charge in [-0.2, -0.15) is 0 Å². The lowest BCUT2D eigenvalue weighted by Gasteiger charge is -2.41. The first-order valence-electron chi connectivity index (χ1n) is 9.80. The molecule has 3 aliphatic rings. The summed E-state index contributed by atoms with van der Waals surface area (Å²) in [6.07, 6.45) is 5.75. The maximum atomic E-state index is 12.9. The van der Waals surface area contributed by atoms with Gasteiger partial charge in [0.25, 0.3) is 0 Å². The fraction of sp³-hybridized carbons (Fsp3) is 0.667. The van der Waals surface area contributed by atoms with E-state index in [9.17, 15) is 4.79 Å². The third-order valence-corrected chi connectivity index (χ3v) is 6.73. The van der Waals surface area contributed by atoms with Crippen molar-refractivity contribution in [2.24, 2.45) is 5.92 Å². The van der Waals surface area contributed by atoms with Gasteiger partial charge in [0.15, 0.2) is 0 Å². The van der Waals surface area contributed by atoms with Gasteiger partial charge >= 0.3 is 0 Å². The van der Waals surface area contributed by atoms with Gasteiger partial charge in [-0.05, 0) is 55.2 Å². The second-order valence-electron chi connectivity index (χ2n) is 8.04. The van der Waals surface area contributed by atoms with E-state index in [4.69, 9.17) is 4.74 Å². The van der Waals surface area contributed by atoms with Crippen molar-refractivity contribution in [3.05, 3.63) is 35.4 Å². The van der Waals surface area contributed by atoms with Gasteiger partial charge < -0.3 is 14.5 Å². The first-order chi connectivity index (χ1) is 12.2. The lowest BCUT2D eigenvalue weighted by atomic mass is 9.73. The van der Waals surface area contributed by atoms with Crippen molar-refractivity contribution < 1.29 is 9.53 Å². The molecule has 4 heteroatoms. The number of carbonyl (C=O) groups is 1. The van der Waals surface area contributed by atoms with E-state index in [0.717, 1.165) is 58.6 Å². The van der Waals surface area contributed by atoms with Crippen molar-refractivity contribution in [3.63, 3.8) is 0 Å². The highest BCUT2D eigenvalue weighted by molar-refractivity contribution is 5.79. The topological polar surface area (TPSA) is 32.8 Å². The molecule has 2 heterocycles. The molecule has 1 aromatic rings. The summed E-state index contributed by atoms with van der Waals surface area (Å²) < 4.78 is 5.16. The zero-order valence-electron chi connectivity index (χ0n) is 15.4. The quantitative estimate of drug-likeness (QED) is 0.843. The summed E-state index contributed by atoms with van der Waals surface area (Å²) in [5.74, 6) is 0.586. The monoisotopic (exact) mass is 342 g/mol. The molecule has 1 atom stereocenters. The van der Waals surface area contributed by atoms with E-state index in [2.05, 4.69) is 34.1 Å². The van der Waals surface area contributed by atoms with E-state index in [1.165, 1.54) is 18.4 Å². The molecule has 0 bridgehead atoms. The van der Waals surface area contributed by atoms with Gasteiger partial charge in [-0.25, -0.2) is 0 Å². The highest BCUT2D eigenvalue weighted by Gasteiger charge is 2.42. The molecule has 1 amide bonds. The van der Waals surface area contributed by atoms with Crippen molar-refractivity contribution in [2.75, 3.05) is 46.4 Å². The van der Waals surface area contributed by atoms with Gasteiger partial charge in [-0.15, -0.1) is 0 Å². The zero-order valence-corrected chi connectivity index (χ0v) is 15.4. The van der Waals surface area contributed by atoms with E-state index >= 15 is 0 Å². The summed E-state index contributed by atoms with van der Waals surface area (Å²) in [6.45, 7) is 5.51. The molecule has 1 unspecified atom stereocenters. The van der Waals surface area contributed by atoms with Gasteiger partial charge in [0.05, 0.1) is 12.5 Å². The number of hydrogen-bond donors (Lipinski definition) is 0. The Bertz CT molecular complexity index is 622. The number of piperidine rings is 1. The normalized spacial score (nSPS) is 25.5. The Morgan fingerprint density at radius 2 is 2.00 bits per heavy atom. The van der Waals surface area contributed by atoms with Crippen LogP contribution in [0.2, 0.25) is 0 Å². The highest BCUT2D eigenvalue weighted by Crippen LogP contribution is 2.46. The largest absolute Gasteiger partial charge is 0.383 e. The molecule has 0 radical (unpaired) electrons. The molecule has 0 aromatic heterocycles. The maximum absolute atomic E-state index is 12.9. The average molecular weight is 342 g/mol. The van der Waals surface area contributed by atoms with E-state index in [-0.39, 0.29) is 5.92 Å². The summed E-state index contributed by atoms with van der Waals surface area (Å²) in [6, 6.07) is 8.95. The predicted octanol–water partition coefficient (Wildman–Crippen LogP) is 2.46. The number of carbonyl (C=O) groups excluding carboxylic acids is 1. The van der Waals surface area contributed by atoms with Gasteiger partial charge in [0.2, 0.25) is 5.91 Å². The number of methoxy groups -OCH3 is 1. The van der Waals surface area contributed by atoms with E-state index < -0.39 is 0 Å². The number of likely N-dealkylation sites (tertiary alicyclic amines) is 2. The Morgan fingerprint density at radius 3 is 2.80 bits per heavy atom. The average Bonchev–Trinajstić information content (AvgIpc) is 3.26. The number of ether oxygens (including phenoxy) is 1. The van der Waals surface area contributed by atoms with Gasteiger partial charge in [0.1, 0.15) is 0 Å². The number of hydrogen-bond acceptors (Lipinski definition) is 3. The standard InChI is InChI=1S/C21H30N2O2/c1-25-15-14-22-11-7-18(16-22)20(24)23-12-9-21(10-13-23)8-6-17-4-2-3-5-19(17)21/h2-5,18H,6-16H2,1H3. The molecule has 4 rings (SSSR count). The molecule has 1 aliphatic carbocycles. The number of aryl methyl sites for hydroxylation is 1. The Kier molecular flexibility index (Phi) is 4.83. The zero-order chi connectivity index (χ0) is 17.3. The van der Waals surface area contributed by atoms with Crippen molar-refractivity contribution in [3.8, 4) is 0 Å². The molecule has 4 nitrogen and oxygen atoms in total. The van der Waals surface area contributed by atoms with Gasteiger partial charge in [-0.1, -0.05) is 24.3 Å². The summed E-state index contributed by atoms with van der Waals surface area (Å²) in [4.78, 5) is 17.5. The second-order valence-corrected chi connectivity index (χ2v) is 8.04. The lowest BCUT2D eigenvalue weighted by Crippen LogP contribution is -2.46.